The summed E-state index contributed by atoms with van der Waals surface area (Å²) in [6.07, 6.45) is 2.30. The van der Waals surface area contributed by atoms with Gasteiger partial charge in [-0.05, 0) is 18.6 Å². The molecule has 4 heteroatoms. The smallest absolute Gasteiger partial charge is 0.131 e. The molecule has 0 spiro atoms. The van der Waals surface area contributed by atoms with Crippen LogP contribution < -0.4 is 9.47 Å². The van der Waals surface area contributed by atoms with E-state index in [1.807, 2.05) is 19.1 Å². The molecule has 1 aromatic carbocycles. The Morgan fingerprint density at radius 2 is 2.29 bits per heavy atom. The monoisotopic (exact) mass is 235 g/mol. The number of hydrogen-bond donors (Lipinski definition) is 1. The van der Waals surface area contributed by atoms with Gasteiger partial charge in [0.2, 0.25) is 0 Å². The molecule has 0 bridgehead atoms. The highest BCUT2D eigenvalue weighted by atomic mass is 16.5. The number of nitrogens with zero attached hydrogens (tertiary/aromatic N) is 1. The van der Waals surface area contributed by atoms with Crippen molar-refractivity contribution in [2.24, 2.45) is 5.16 Å². The van der Waals surface area contributed by atoms with Crippen molar-refractivity contribution in [3.63, 3.8) is 0 Å². The number of hydrogen-bond acceptors (Lipinski definition) is 4. The van der Waals surface area contributed by atoms with E-state index in [2.05, 4.69) is 11.7 Å². The Labute approximate surface area is 101 Å². The average Bonchev–Trinajstić information content (AvgIpc) is 2.38. The number of rotatable bonds is 6. The molecule has 1 N–H and O–H groups in total. The van der Waals surface area contributed by atoms with Crippen LogP contribution in [0, 0.1) is 0 Å². The molecule has 0 saturated heterocycles. The molecule has 92 valence electrons. The lowest BCUT2D eigenvalue weighted by atomic mass is 10.1. The second-order valence-corrected chi connectivity index (χ2v) is 3.36. The highest BCUT2D eigenvalue weighted by Crippen LogP contribution is 2.26. The van der Waals surface area contributed by atoms with E-state index in [9.17, 15) is 0 Å². The Kier molecular flexibility index (Phi) is 5.07. The van der Waals surface area contributed by atoms with E-state index < -0.39 is 0 Å². The van der Waals surface area contributed by atoms with Crippen LogP contribution in [0.25, 0.3) is 0 Å². The summed E-state index contributed by atoms with van der Waals surface area (Å²) >= 11 is 0. The molecule has 4 nitrogen and oxygen atoms in total. The van der Waals surface area contributed by atoms with Crippen LogP contribution in [0.15, 0.2) is 36.0 Å². The van der Waals surface area contributed by atoms with E-state index in [4.69, 9.17) is 14.7 Å². The largest absolute Gasteiger partial charge is 0.496 e. The Hall–Kier alpha value is -1.97. The molecule has 0 amide bonds. The quantitative estimate of drug-likeness (QED) is 0.357. The van der Waals surface area contributed by atoms with E-state index in [-0.39, 0.29) is 0 Å². The summed E-state index contributed by atoms with van der Waals surface area (Å²) in [5, 5.41) is 12.2. The first-order chi connectivity index (χ1) is 8.26. The zero-order valence-corrected chi connectivity index (χ0v) is 10.1. The van der Waals surface area contributed by atoms with Gasteiger partial charge in [-0.1, -0.05) is 24.7 Å². The third kappa shape index (κ3) is 3.24. The first-order valence-corrected chi connectivity index (χ1v) is 5.39. The highest BCUT2D eigenvalue weighted by Gasteiger charge is 2.10. The zero-order valence-electron chi connectivity index (χ0n) is 10.1. The lowest BCUT2D eigenvalue weighted by Gasteiger charge is -2.11. The molecule has 0 aromatic heterocycles. The molecular weight excluding hydrogens is 218 g/mol. The molecule has 17 heavy (non-hydrogen) atoms. The second kappa shape index (κ2) is 6.58. The number of methoxy groups -OCH3 is 1. The van der Waals surface area contributed by atoms with Crippen molar-refractivity contribution >= 4 is 5.71 Å². The predicted octanol–water partition coefficient (Wildman–Crippen LogP) is 2.85. The Bertz CT molecular complexity index is 413. The topological polar surface area (TPSA) is 51.0 Å². The van der Waals surface area contributed by atoms with Gasteiger partial charge in [-0.15, -0.1) is 0 Å². The minimum atomic E-state index is 0.442. The summed E-state index contributed by atoms with van der Waals surface area (Å²) < 4.78 is 10.7. The van der Waals surface area contributed by atoms with Gasteiger partial charge in [0.15, 0.2) is 0 Å². The van der Waals surface area contributed by atoms with E-state index in [0.29, 0.717) is 30.2 Å². The van der Waals surface area contributed by atoms with Crippen LogP contribution in [-0.4, -0.2) is 24.6 Å². The van der Waals surface area contributed by atoms with Gasteiger partial charge in [-0.25, -0.2) is 0 Å². The fraction of sp³-hybridized carbons (Fsp3) is 0.308. The van der Waals surface area contributed by atoms with Gasteiger partial charge in [-0.2, -0.15) is 0 Å². The SMILES string of the molecule is C=CCOc1ccc(/C(CC)=N/O)c(OC)c1. The van der Waals surface area contributed by atoms with Crippen molar-refractivity contribution in [1.82, 2.24) is 0 Å². The van der Waals surface area contributed by atoms with E-state index in [1.165, 1.54) is 0 Å². The molecule has 0 saturated carbocycles. The Morgan fingerprint density at radius 1 is 1.53 bits per heavy atom. The van der Waals surface area contributed by atoms with Crippen molar-refractivity contribution in [3.05, 3.63) is 36.4 Å². The zero-order chi connectivity index (χ0) is 12.7. The summed E-state index contributed by atoms with van der Waals surface area (Å²) in [7, 11) is 1.57. The highest BCUT2D eigenvalue weighted by molar-refractivity contribution is 6.02. The molecule has 0 unspecified atom stereocenters. The minimum Gasteiger partial charge on any atom is -0.496 e. The lowest BCUT2D eigenvalue weighted by Crippen LogP contribution is -2.03. The van der Waals surface area contributed by atoms with E-state index in [0.717, 1.165) is 5.56 Å². The van der Waals surface area contributed by atoms with Gasteiger partial charge >= 0.3 is 0 Å². The molecule has 1 rings (SSSR count). The van der Waals surface area contributed by atoms with Crippen LogP contribution in [-0.2, 0) is 0 Å². The van der Waals surface area contributed by atoms with E-state index >= 15 is 0 Å². The summed E-state index contributed by atoms with van der Waals surface area (Å²) in [6.45, 7) is 5.94. The first kappa shape index (κ1) is 13.1. The standard InChI is InChI=1S/C13H17NO3/c1-4-8-17-10-6-7-11(12(5-2)14-15)13(9-10)16-3/h4,6-7,9,15H,1,5,8H2,2-3H3/b14-12+. The maximum Gasteiger partial charge on any atom is 0.131 e. The second-order valence-electron chi connectivity index (χ2n) is 3.36. The van der Waals surface area contributed by atoms with Crippen LogP contribution in [0.4, 0.5) is 0 Å². The molecule has 0 fully saturated rings. The first-order valence-electron chi connectivity index (χ1n) is 5.39. The third-order valence-corrected chi connectivity index (χ3v) is 2.31. The van der Waals surface area contributed by atoms with Gasteiger partial charge < -0.3 is 14.7 Å². The predicted molar refractivity (Wildman–Crippen MR) is 67.3 cm³/mol. The summed E-state index contributed by atoms with van der Waals surface area (Å²) in [5.41, 5.74) is 1.35. The van der Waals surface area contributed by atoms with Gasteiger partial charge in [0, 0.05) is 11.6 Å². The van der Waals surface area contributed by atoms with Crippen molar-refractivity contribution in [2.75, 3.05) is 13.7 Å². The molecular formula is C13H17NO3. The van der Waals surface area contributed by atoms with Crippen molar-refractivity contribution in [2.45, 2.75) is 13.3 Å². The van der Waals surface area contributed by atoms with Crippen LogP contribution >= 0.6 is 0 Å². The summed E-state index contributed by atoms with van der Waals surface area (Å²) in [4.78, 5) is 0. The van der Waals surface area contributed by atoms with Gasteiger partial charge in [0.05, 0.1) is 12.8 Å². The van der Waals surface area contributed by atoms with Gasteiger partial charge in [0.25, 0.3) is 0 Å². The van der Waals surface area contributed by atoms with Gasteiger partial charge in [-0.3, -0.25) is 0 Å². The normalized spacial score (nSPS) is 11.1. The number of benzene rings is 1. The lowest BCUT2D eigenvalue weighted by molar-refractivity contribution is 0.317. The molecule has 0 aliphatic rings. The summed E-state index contributed by atoms with van der Waals surface area (Å²) in [6, 6.07) is 5.39. The molecule has 0 radical (unpaired) electrons. The minimum absolute atomic E-state index is 0.442. The molecule has 0 atom stereocenters. The van der Waals surface area contributed by atoms with E-state index in [1.54, 1.807) is 19.3 Å². The Morgan fingerprint density at radius 3 is 2.82 bits per heavy atom. The van der Waals surface area contributed by atoms with Crippen LogP contribution in [0.5, 0.6) is 11.5 Å². The third-order valence-electron chi connectivity index (χ3n) is 2.31. The molecule has 0 heterocycles. The fourth-order valence-corrected chi connectivity index (χ4v) is 1.47. The van der Waals surface area contributed by atoms with Crippen LogP contribution in [0.3, 0.4) is 0 Å². The van der Waals surface area contributed by atoms with Crippen LogP contribution in [0.2, 0.25) is 0 Å². The molecule has 0 aliphatic carbocycles. The molecule has 0 aliphatic heterocycles. The number of oxime groups is 1. The maximum absolute atomic E-state index is 8.90. The van der Waals surface area contributed by atoms with Crippen molar-refractivity contribution < 1.29 is 14.7 Å². The average molecular weight is 235 g/mol. The van der Waals surface area contributed by atoms with Crippen molar-refractivity contribution in [1.29, 1.82) is 0 Å². The van der Waals surface area contributed by atoms with Crippen LogP contribution in [0.1, 0.15) is 18.9 Å². The summed E-state index contributed by atoms with van der Waals surface area (Å²) in [5.74, 6) is 1.32. The van der Waals surface area contributed by atoms with Crippen molar-refractivity contribution in [3.8, 4) is 11.5 Å². The number of ether oxygens (including phenoxy) is 2. The van der Waals surface area contributed by atoms with Gasteiger partial charge in [0.1, 0.15) is 18.1 Å². The maximum atomic E-state index is 8.90. The molecule has 1 aromatic rings. The Balaban J connectivity index is 3.04. The fourth-order valence-electron chi connectivity index (χ4n) is 1.47.